The SMILES string of the molecule is COc1cc(CNC(C)c2ccccc2)cc(Br)c1OCC(=O)NC(C)(C)C.Cl. The molecule has 0 spiro atoms. The Morgan fingerprint density at radius 3 is 2.41 bits per heavy atom. The van der Waals surface area contributed by atoms with Crippen molar-refractivity contribution in [2.45, 2.75) is 45.8 Å². The van der Waals surface area contributed by atoms with E-state index >= 15 is 0 Å². The van der Waals surface area contributed by atoms with Gasteiger partial charge in [0.15, 0.2) is 18.1 Å². The Hall–Kier alpha value is -1.76. The van der Waals surface area contributed by atoms with Crippen LogP contribution in [0.2, 0.25) is 0 Å². The van der Waals surface area contributed by atoms with Crippen molar-refractivity contribution in [2.75, 3.05) is 13.7 Å². The van der Waals surface area contributed by atoms with Crippen LogP contribution in [0, 0.1) is 0 Å². The molecule has 5 nitrogen and oxygen atoms in total. The molecular formula is C22H30BrClN2O3. The molecule has 0 saturated carbocycles. The average molecular weight is 486 g/mol. The van der Waals surface area contributed by atoms with E-state index in [0.29, 0.717) is 18.0 Å². The fourth-order valence-corrected chi connectivity index (χ4v) is 3.34. The first-order valence-electron chi connectivity index (χ1n) is 9.28. The van der Waals surface area contributed by atoms with Gasteiger partial charge in [0.25, 0.3) is 5.91 Å². The summed E-state index contributed by atoms with van der Waals surface area (Å²) < 4.78 is 11.9. The van der Waals surface area contributed by atoms with Gasteiger partial charge < -0.3 is 20.1 Å². The number of amides is 1. The van der Waals surface area contributed by atoms with Crippen LogP contribution in [0.3, 0.4) is 0 Å². The summed E-state index contributed by atoms with van der Waals surface area (Å²) in [7, 11) is 1.59. The van der Waals surface area contributed by atoms with Gasteiger partial charge in [-0.2, -0.15) is 0 Å². The zero-order valence-corrected chi connectivity index (χ0v) is 19.9. The average Bonchev–Trinajstić information content (AvgIpc) is 2.64. The molecule has 1 atom stereocenters. The molecular weight excluding hydrogens is 456 g/mol. The van der Waals surface area contributed by atoms with E-state index in [1.807, 2.05) is 51.1 Å². The van der Waals surface area contributed by atoms with Gasteiger partial charge >= 0.3 is 0 Å². The maximum Gasteiger partial charge on any atom is 0.258 e. The van der Waals surface area contributed by atoms with Crippen molar-refractivity contribution in [1.82, 2.24) is 10.6 Å². The highest BCUT2D eigenvalue weighted by atomic mass is 79.9. The van der Waals surface area contributed by atoms with Crippen LogP contribution < -0.4 is 20.1 Å². The molecule has 0 aromatic heterocycles. The van der Waals surface area contributed by atoms with Crippen molar-refractivity contribution >= 4 is 34.2 Å². The first kappa shape index (κ1) is 25.3. The number of hydrogen-bond donors (Lipinski definition) is 2. The molecule has 0 heterocycles. The Morgan fingerprint density at radius 2 is 1.83 bits per heavy atom. The number of nitrogens with one attached hydrogen (secondary N) is 2. The third-order valence-corrected chi connectivity index (χ3v) is 4.65. The standard InChI is InChI=1S/C22H29BrN2O3.ClH/c1-15(17-9-7-6-8-10-17)24-13-16-11-18(23)21(19(12-16)27-5)28-14-20(26)25-22(2,3)4;/h6-12,15,24H,13-14H2,1-5H3,(H,25,26);1H. The second-order valence-corrected chi connectivity index (χ2v) is 8.56. The van der Waals surface area contributed by atoms with Crippen LogP contribution in [0.25, 0.3) is 0 Å². The zero-order chi connectivity index (χ0) is 20.7. The van der Waals surface area contributed by atoms with Crippen LogP contribution in [0.15, 0.2) is 46.9 Å². The maximum atomic E-state index is 12.0. The molecule has 2 N–H and O–H groups in total. The van der Waals surface area contributed by atoms with Crippen LogP contribution in [0.1, 0.15) is 44.9 Å². The molecule has 1 amide bonds. The molecule has 2 aromatic rings. The molecule has 0 fully saturated rings. The minimum Gasteiger partial charge on any atom is -0.493 e. The first-order chi connectivity index (χ1) is 13.2. The molecule has 160 valence electrons. The summed E-state index contributed by atoms with van der Waals surface area (Å²) in [6, 6.07) is 14.4. The number of rotatable bonds is 8. The molecule has 2 rings (SSSR count). The summed E-state index contributed by atoms with van der Waals surface area (Å²) in [6.07, 6.45) is 0. The highest BCUT2D eigenvalue weighted by Gasteiger charge is 2.17. The van der Waals surface area contributed by atoms with E-state index in [0.717, 1.165) is 10.0 Å². The van der Waals surface area contributed by atoms with E-state index in [1.165, 1.54) is 5.56 Å². The monoisotopic (exact) mass is 484 g/mol. The second-order valence-electron chi connectivity index (χ2n) is 7.71. The summed E-state index contributed by atoms with van der Waals surface area (Å²) in [4.78, 5) is 12.0. The van der Waals surface area contributed by atoms with Gasteiger partial charge in [-0.05, 0) is 66.9 Å². The molecule has 0 aliphatic rings. The first-order valence-corrected chi connectivity index (χ1v) is 10.1. The van der Waals surface area contributed by atoms with Gasteiger partial charge in [-0.1, -0.05) is 30.3 Å². The number of halogens is 2. The van der Waals surface area contributed by atoms with Gasteiger partial charge in [-0.15, -0.1) is 12.4 Å². The van der Waals surface area contributed by atoms with Crippen LogP contribution >= 0.6 is 28.3 Å². The van der Waals surface area contributed by atoms with Crippen LogP contribution in [0.5, 0.6) is 11.5 Å². The molecule has 0 radical (unpaired) electrons. The minimum atomic E-state index is -0.299. The van der Waals surface area contributed by atoms with Gasteiger partial charge in [0.1, 0.15) is 0 Å². The lowest BCUT2D eigenvalue weighted by molar-refractivity contribution is -0.124. The summed E-state index contributed by atoms with van der Waals surface area (Å²) in [5.41, 5.74) is 1.99. The summed E-state index contributed by atoms with van der Waals surface area (Å²) in [5, 5.41) is 6.38. The lowest BCUT2D eigenvalue weighted by atomic mass is 10.1. The van der Waals surface area contributed by atoms with Crippen molar-refractivity contribution in [2.24, 2.45) is 0 Å². The zero-order valence-electron chi connectivity index (χ0n) is 17.5. The number of ether oxygens (including phenoxy) is 2. The van der Waals surface area contributed by atoms with E-state index in [4.69, 9.17) is 9.47 Å². The maximum absolute atomic E-state index is 12.0. The number of methoxy groups -OCH3 is 1. The summed E-state index contributed by atoms with van der Waals surface area (Å²) in [6.45, 7) is 8.52. The highest BCUT2D eigenvalue weighted by molar-refractivity contribution is 9.10. The lowest BCUT2D eigenvalue weighted by Crippen LogP contribution is -2.43. The van der Waals surface area contributed by atoms with Crippen molar-refractivity contribution in [1.29, 1.82) is 0 Å². The van der Waals surface area contributed by atoms with Crippen LogP contribution in [0.4, 0.5) is 0 Å². The molecule has 2 aromatic carbocycles. The molecule has 0 bridgehead atoms. The van der Waals surface area contributed by atoms with Crippen molar-refractivity contribution in [3.05, 3.63) is 58.1 Å². The van der Waals surface area contributed by atoms with Gasteiger partial charge in [-0.25, -0.2) is 0 Å². The highest BCUT2D eigenvalue weighted by Crippen LogP contribution is 2.36. The molecule has 1 unspecified atom stereocenters. The Bertz CT molecular complexity index is 795. The molecule has 29 heavy (non-hydrogen) atoms. The number of hydrogen-bond acceptors (Lipinski definition) is 4. The normalized spacial score (nSPS) is 11.9. The van der Waals surface area contributed by atoms with Gasteiger partial charge in [0, 0.05) is 18.1 Å². The minimum absolute atomic E-state index is 0. The van der Waals surface area contributed by atoms with E-state index in [2.05, 4.69) is 45.6 Å². The molecule has 0 aliphatic carbocycles. The Kier molecular flexibility index (Phi) is 9.96. The smallest absolute Gasteiger partial charge is 0.258 e. The van der Waals surface area contributed by atoms with Crippen molar-refractivity contribution in [3.63, 3.8) is 0 Å². The van der Waals surface area contributed by atoms with Crippen molar-refractivity contribution < 1.29 is 14.3 Å². The Labute approximate surface area is 188 Å². The van der Waals surface area contributed by atoms with E-state index in [9.17, 15) is 4.79 Å². The fourth-order valence-electron chi connectivity index (χ4n) is 2.74. The van der Waals surface area contributed by atoms with Gasteiger partial charge in [0.2, 0.25) is 0 Å². The van der Waals surface area contributed by atoms with E-state index in [-0.39, 0.29) is 36.5 Å². The molecule has 0 saturated heterocycles. The van der Waals surface area contributed by atoms with Crippen molar-refractivity contribution in [3.8, 4) is 11.5 Å². The Balaban J connectivity index is 0.00000420. The van der Waals surface area contributed by atoms with Gasteiger partial charge in [0.05, 0.1) is 11.6 Å². The third kappa shape index (κ3) is 8.25. The lowest BCUT2D eigenvalue weighted by Gasteiger charge is -2.21. The number of benzene rings is 2. The molecule has 7 heteroatoms. The number of carbonyl (C=O) groups is 1. The largest absolute Gasteiger partial charge is 0.493 e. The predicted molar refractivity (Wildman–Crippen MR) is 123 cm³/mol. The third-order valence-electron chi connectivity index (χ3n) is 4.06. The van der Waals surface area contributed by atoms with Gasteiger partial charge in [-0.3, -0.25) is 4.79 Å². The van der Waals surface area contributed by atoms with Crippen LogP contribution in [-0.4, -0.2) is 25.2 Å². The van der Waals surface area contributed by atoms with Crippen LogP contribution in [-0.2, 0) is 11.3 Å². The number of carbonyl (C=O) groups excluding carboxylic acids is 1. The summed E-state index contributed by atoms with van der Waals surface area (Å²) in [5.74, 6) is 0.928. The molecule has 0 aliphatic heterocycles. The van der Waals surface area contributed by atoms with E-state index in [1.54, 1.807) is 7.11 Å². The summed E-state index contributed by atoms with van der Waals surface area (Å²) >= 11 is 3.54. The quantitative estimate of drug-likeness (QED) is 0.551. The topological polar surface area (TPSA) is 59.6 Å². The second kappa shape index (κ2) is 11.4. The van der Waals surface area contributed by atoms with E-state index < -0.39 is 0 Å². The fraction of sp³-hybridized carbons (Fsp3) is 0.409. The predicted octanol–water partition coefficient (Wildman–Crippen LogP) is 5.02. The Morgan fingerprint density at radius 1 is 1.17 bits per heavy atom.